The third kappa shape index (κ3) is 6.13. The summed E-state index contributed by atoms with van der Waals surface area (Å²) >= 11 is 0. The highest BCUT2D eigenvalue weighted by Crippen LogP contribution is 2.36. The van der Waals surface area contributed by atoms with Crippen molar-refractivity contribution in [1.29, 1.82) is 0 Å². The van der Waals surface area contributed by atoms with Gasteiger partial charge in [0.1, 0.15) is 12.0 Å². The molecule has 2 aliphatic heterocycles. The van der Waals surface area contributed by atoms with E-state index in [1.54, 1.807) is 6.92 Å². The summed E-state index contributed by atoms with van der Waals surface area (Å²) in [5, 5.41) is 5.48. The van der Waals surface area contributed by atoms with Crippen LogP contribution in [0.3, 0.4) is 0 Å². The molecule has 2 aliphatic rings. The molecule has 9 nitrogen and oxygen atoms in total. The van der Waals surface area contributed by atoms with Gasteiger partial charge in [0, 0.05) is 12.2 Å². The molecule has 2 aromatic rings. The summed E-state index contributed by atoms with van der Waals surface area (Å²) in [5.41, 5.74) is 2.82. The molecule has 0 radical (unpaired) electrons. The number of rotatable bonds is 7. The number of amides is 3. The second-order valence-corrected chi connectivity index (χ2v) is 11.6. The van der Waals surface area contributed by atoms with Gasteiger partial charge in [-0.2, -0.15) is 0 Å². The molecule has 10 heteroatoms. The average molecular weight is 548 g/mol. The Kier molecular flexibility index (Phi) is 8.51. The van der Waals surface area contributed by atoms with Crippen LogP contribution < -0.4 is 16.1 Å². The van der Waals surface area contributed by atoms with Crippen molar-refractivity contribution in [1.82, 2.24) is 10.2 Å². The molecule has 2 N–H and O–H groups in total. The van der Waals surface area contributed by atoms with Crippen LogP contribution in [-0.2, 0) is 23.6 Å². The van der Waals surface area contributed by atoms with Crippen molar-refractivity contribution < 1.29 is 28.4 Å². The van der Waals surface area contributed by atoms with Gasteiger partial charge in [0.25, 0.3) is 5.91 Å². The summed E-state index contributed by atoms with van der Waals surface area (Å²) in [6, 6.07) is 14.1. The molecule has 3 atom stereocenters. The largest absolute Gasteiger partial charge is 0.494 e. The number of carbonyl (C=O) groups is 3. The Morgan fingerprint density at radius 1 is 1.00 bits per heavy atom. The maximum atomic E-state index is 13.2. The van der Waals surface area contributed by atoms with Gasteiger partial charge >= 0.3 is 13.2 Å². The lowest BCUT2D eigenvalue weighted by Gasteiger charge is -2.32. The van der Waals surface area contributed by atoms with Crippen LogP contribution in [0.2, 0.25) is 0 Å². The second kappa shape index (κ2) is 11.5. The number of anilines is 1. The minimum Gasteiger partial charge on any atom is -0.453 e. The molecule has 40 heavy (non-hydrogen) atoms. The van der Waals surface area contributed by atoms with E-state index in [0.717, 1.165) is 16.6 Å². The van der Waals surface area contributed by atoms with Gasteiger partial charge in [-0.3, -0.25) is 9.59 Å². The van der Waals surface area contributed by atoms with E-state index in [2.05, 4.69) is 22.3 Å². The Balaban J connectivity index is 1.39. The summed E-state index contributed by atoms with van der Waals surface area (Å²) in [4.78, 5) is 39.6. The van der Waals surface area contributed by atoms with Crippen LogP contribution in [0.4, 0.5) is 10.5 Å². The zero-order valence-electron chi connectivity index (χ0n) is 24.2. The fourth-order valence-electron chi connectivity index (χ4n) is 4.90. The predicted octanol–water partition coefficient (Wildman–Crippen LogP) is 3.78. The predicted molar refractivity (Wildman–Crippen MR) is 155 cm³/mol. The number of hydrogen-bond donors (Lipinski definition) is 2. The Labute approximate surface area is 237 Å². The molecule has 0 aliphatic carbocycles. The molecule has 0 aromatic heterocycles. The first-order chi connectivity index (χ1) is 18.8. The van der Waals surface area contributed by atoms with Gasteiger partial charge in [-0.05, 0) is 76.2 Å². The molecule has 2 saturated heterocycles. The van der Waals surface area contributed by atoms with E-state index in [-0.39, 0.29) is 11.8 Å². The second-order valence-electron chi connectivity index (χ2n) is 11.6. The van der Waals surface area contributed by atoms with E-state index in [9.17, 15) is 14.4 Å². The van der Waals surface area contributed by atoms with Crippen LogP contribution in [0, 0.1) is 12.8 Å². The first kappa shape index (κ1) is 29.5. The SMILES string of the molecule is [CH2+]C(C)[C@H](NC(=O)OC)C(=O)N1CCC[C@H]1C(=O)Nc1ccc(-c2ccc(B3OC(C)(C)C(C)(C)O3)cc2)cc1. The van der Waals surface area contributed by atoms with Crippen LogP contribution >= 0.6 is 0 Å². The van der Waals surface area contributed by atoms with Crippen LogP contribution in [0.5, 0.6) is 0 Å². The molecule has 0 saturated carbocycles. The minimum atomic E-state index is -0.878. The van der Waals surface area contributed by atoms with Crippen molar-refractivity contribution in [3.05, 3.63) is 55.5 Å². The van der Waals surface area contributed by atoms with E-state index < -0.39 is 42.4 Å². The van der Waals surface area contributed by atoms with Gasteiger partial charge in [0.2, 0.25) is 5.91 Å². The first-order valence-corrected chi connectivity index (χ1v) is 13.7. The van der Waals surface area contributed by atoms with Gasteiger partial charge in [-0.1, -0.05) is 36.4 Å². The number of benzene rings is 2. The average Bonchev–Trinajstić information content (AvgIpc) is 3.49. The number of ether oxygens (including phenoxy) is 1. The zero-order valence-corrected chi connectivity index (χ0v) is 24.2. The number of hydrogen-bond acceptors (Lipinski definition) is 6. The summed E-state index contributed by atoms with van der Waals surface area (Å²) in [7, 11) is 0.820. The highest BCUT2D eigenvalue weighted by Gasteiger charge is 2.51. The lowest BCUT2D eigenvalue weighted by Crippen LogP contribution is -2.54. The fraction of sp³-hybridized carbons (Fsp3) is 0.467. The molecule has 212 valence electrons. The van der Waals surface area contributed by atoms with Gasteiger partial charge in [-0.15, -0.1) is 0 Å². The van der Waals surface area contributed by atoms with E-state index in [1.807, 2.05) is 76.2 Å². The van der Waals surface area contributed by atoms with Crippen molar-refractivity contribution in [2.75, 3.05) is 19.0 Å². The van der Waals surface area contributed by atoms with Crippen molar-refractivity contribution >= 4 is 36.2 Å². The first-order valence-electron chi connectivity index (χ1n) is 13.7. The lowest BCUT2D eigenvalue weighted by molar-refractivity contribution is -0.139. The molecule has 0 bridgehead atoms. The van der Waals surface area contributed by atoms with Gasteiger partial charge < -0.3 is 29.6 Å². The highest BCUT2D eigenvalue weighted by molar-refractivity contribution is 6.62. The number of carbonyl (C=O) groups excluding carboxylic acids is 3. The van der Waals surface area contributed by atoms with Crippen LogP contribution in [0.1, 0.15) is 47.5 Å². The molecule has 4 rings (SSSR count). The van der Waals surface area contributed by atoms with E-state index in [1.165, 1.54) is 12.0 Å². The summed E-state index contributed by atoms with van der Waals surface area (Å²) in [6.45, 7) is 14.2. The topological polar surface area (TPSA) is 106 Å². The van der Waals surface area contributed by atoms with Crippen molar-refractivity contribution in [2.45, 2.75) is 70.7 Å². The van der Waals surface area contributed by atoms with Crippen LogP contribution in [0.15, 0.2) is 48.5 Å². The maximum absolute atomic E-state index is 13.2. The third-order valence-corrected chi connectivity index (χ3v) is 8.05. The summed E-state index contributed by atoms with van der Waals surface area (Å²) < 4.78 is 16.9. The molecule has 3 amide bonds. The van der Waals surface area contributed by atoms with Gasteiger partial charge in [0.05, 0.1) is 25.2 Å². The number of nitrogens with one attached hydrogen (secondary N) is 2. The summed E-state index contributed by atoms with van der Waals surface area (Å²) in [5.74, 6) is -1.02. The Bertz CT molecular complexity index is 1210. The standard InChI is InChI=1S/C30H38BN3O6/c1-19(2)25(33-28(37)38-7)27(36)34-18-8-9-24(34)26(35)32-23-16-12-21(13-17-23)20-10-14-22(15-11-20)31-39-29(3,4)30(5,6)40-31/h10-17,19,24-25H,1,8-9,18H2,2-7H3,(H-,32,33,35,37)/p+1/t19?,24-,25-/m0/s1. The lowest BCUT2D eigenvalue weighted by atomic mass is 9.78. The summed E-state index contributed by atoms with van der Waals surface area (Å²) in [6.07, 6.45) is 0.527. The normalized spacial score (nSPS) is 21.0. The van der Waals surface area contributed by atoms with Crippen LogP contribution in [0.25, 0.3) is 11.1 Å². The molecule has 2 aromatic carbocycles. The number of methoxy groups -OCH3 is 1. The molecule has 0 spiro atoms. The monoisotopic (exact) mass is 548 g/mol. The smallest absolute Gasteiger partial charge is 0.453 e. The Hall–Kier alpha value is -3.50. The minimum absolute atomic E-state index is 0.265. The van der Waals surface area contributed by atoms with Crippen molar-refractivity contribution in [3.8, 4) is 11.1 Å². The molecule has 1 unspecified atom stereocenters. The van der Waals surface area contributed by atoms with E-state index in [0.29, 0.717) is 25.1 Å². The molecular weight excluding hydrogens is 509 g/mol. The number of alkyl carbamates (subject to hydrolysis) is 1. The van der Waals surface area contributed by atoms with Crippen molar-refractivity contribution in [3.63, 3.8) is 0 Å². The zero-order chi connectivity index (χ0) is 29.2. The van der Waals surface area contributed by atoms with Gasteiger partial charge in [-0.25, -0.2) is 4.79 Å². The number of nitrogens with zero attached hydrogens (tertiary/aromatic N) is 1. The van der Waals surface area contributed by atoms with Crippen molar-refractivity contribution in [2.24, 2.45) is 5.92 Å². The Morgan fingerprint density at radius 2 is 1.55 bits per heavy atom. The number of likely N-dealkylation sites (tertiary alicyclic amines) is 1. The fourth-order valence-corrected chi connectivity index (χ4v) is 4.90. The van der Waals surface area contributed by atoms with Gasteiger partial charge in [0.15, 0.2) is 6.04 Å². The molecule has 2 heterocycles. The Morgan fingerprint density at radius 3 is 2.08 bits per heavy atom. The quantitative estimate of drug-likeness (QED) is 0.403. The third-order valence-electron chi connectivity index (χ3n) is 8.05. The van der Waals surface area contributed by atoms with E-state index in [4.69, 9.17) is 9.31 Å². The molecule has 2 fully saturated rings. The molecular formula is C30H39BN3O6+. The van der Waals surface area contributed by atoms with E-state index >= 15 is 0 Å². The highest BCUT2D eigenvalue weighted by atomic mass is 16.7. The maximum Gasteiger partial charge on any atom is 0.494 e. The van der Waals surface area contributed by atoms with Crippen LogP contribution in [-0.4, -0.2) is 66.9 Å².